The van der Waals surface area contributed by atoms with Crippen molar-refractivity contribution in [3.63, 3.8) is 0 Å². The van der Waals surface area contributed by atoms with Gasteiger partial charge in [0.15, 0.2) is 0 Å². The normalized spacial score (nSPS) is 10.8. The highest BCUT2D eigenvalue weighted by Crippen LogP contribution is 1.93. The Morgan fingerprint density at radius 1 is 0.625 bits per heavy atom. The predicted octanol–water partition coefficient (Wildman–Crippen LogP) is -5.42. The van der Waals surface area contributed by atoms with E-state index >= 15 is 0 Å². The largest absolute Gasteiger partial charge is 0.543 e. The number of aliphatic hydroxyl groups is 4. The fraction of sp³-hybridized carbons (Fsp3) is 0.857. The van der Waals surface area contributed by atoms with Crippen LogP contribution in [0.15, 0.2) is 0 Å². The van der Waals surface area contributed by atoms with E-state index in [2.05, 4.69) is 0 Å². The molecule has 0 rings (SSSR count). The van der Waals surface area contributed by atoms with Crippen molar-refractivity contribution in [1.29, 1.82) is 0 Å². The van der Waals surface area contributed by atoms with Crippen LogP contribution in [0.3, 0.4) is 0 Å². The second kappa shape index (κ2) is 15.2. The maximum absolute atomic E-state index is 8.93. The van der Waals surface area contributed by atoms with Gasteiger partial charge in [0.1, 0.15) is 26.2 Å². The lowest BCUT2D eigenvalue weighted by atomic mass is 10.4. The Kier molecular flexibility index (Phi) is 17.5. The smallest absolute Gasteiger partial charge is 0.102 e. The molecule has 0 fully saturated rings. The van der Waals surface area contributed by atoms with E-state index in [0.29, 0.717) is 35.1 Å². The molecule has 0 aromatic heterocycles. The molecular formula is C14H32N2O8. The fourth-order valence-electron chi connectivity index (χ4n) is 1.31. The van der Waals surface area contributed by atoms with Gasteiger partial charge in [0.25, 0.3) is 0 Å². The molecule has 0 atom stereocenters. The van der Waals surface area contributed by atoms with Gasteiger partial charge < -0.3 is 49.2 Å². The average Bonchev–Trinajstić information content (AvgIpc) is 2.39. The molecule has 0 unspecified atom stereocenters. The van der Waals surface area contributed by atoms with E-state index in [4.69, 9.17) is 40.2 Å². The molecule has 146 valence electrons. The molecule has 0 aliphatic rings. The molecule has 0 aliphatic heterocycles. The summed E-state index contributed by atoms with van der Waals surface area (Å²) < 4.78 is 1.38. The number of aliphatic hydroxyl groups excluding tert-OH is 4. The van der Waals surface area contributed by atoms with E-state index in [0.717, 1.165) is 0 Å². The Balaban J connectivity index is -0.000000282. The van der Waals surface area contributed by atoms with Crippen molar-refractivity contribution in [2.24, 2.45) is 0 Å². The van der Waals surface area contributed by atoms with Crippen molar-refractivity contribution in [3.05, 3.63) is 0 Å². The molecule has 4 N–H and O–H groups in total. The molecule has 0 saturated heterocycles. The highest BCUT2D eigenvalue weighted by molar-refractivity contribution is 6.25. The molecule has 0 heterocycles. The molecule has 0 radical (unpaired) electrons. The lowest BCUT2D eigenvalue weighted by molar-refractivity contribution is -0.890. The van der Waals surface area contributed by atoms with Crippen LogP contribution in [0.2, 0.25) is 0 Å². The summed E-state index contributed by atoms with van der Waals surface area (Å²) in [5, 5.41) is 52.0. The third kappa shape index (κ3) is 23.0. The number of nitrogens with zero attached hydrogens (tertiary/aromatic N) is 2. The van der Waals surface area contributed by atoms with E-state index in [-0.39, 0.29) is 26.4 Å². The number of hydrogen-bond acceptors (Lipinski definition) is 8. The number of carbonyl (C=O) groups excluding carboxylic acids is 2. The summed E-state index contributed by atoms with van der Waals surface area (Å²) in [5.74, 6) is -4.37. The average molecular weight is 356 g/mol. The standard InChI is InChI=1S/2C6H16NO2.C2H2O4/c2*1-7(2,3-5-8)4-6-9;3-1(4)2(5)6/h2*8-9H,3-6H2,1-2H3;(H,3,4)(H,5,6)/q2*+1;/p-2. The van der Waals surface area contributed by atoms with Crippen LogP contribution in [0.25, 0.3) is 0 Å². The quantitative estimate of drug-likeness (QED) is 0.247. The number of carboxylic acids is 2. The summed E-state index contributed by atoms with van der Waals surface area (Å²) in [6, 6.07) is 0. The van der Waals surface area contributed by atoms with Crippen molar-refractivity contribution < 1.29 is 49.2 Å². The number of hydrogen-bond donors (Lipinski definition) is 4. The first-order valence-corrected chi connectivity index (χ1v) is 7.39. The van der Waals surface area contributed by atoms with Crippen molar-refractivity contribution in [2.45, 2.75) is 0 Å². The predicted molar refractivity (Wildman–Crippen MR) is 82.0 cm³/mol. The zero-order chi connectivity index (χ0) is 19.8. The van der Waals surface area contributed by atoms with Gasteiger partial charge in [0.2, 0.25) is 0 Å². The third-order valence-corrected chi connectivity index (χ3v) is 2.99. The molecule has 0 aromatic carbocycles. The van der Waals surface area contributed by atoms with E-state index in [1.54, 1.807) is 0 Å². The van der Waals surface area contributed by atoms with Gasteiger partial charge in [-0.05, 0) is 0 Å². The van der Waals surface area contributed by atoms with E-state index < -0.39 is 11.9 Å². The van der Waals surface area contributed by atoms with Crippen molar-refractivity contribution >= 4 is 11.9 Å². The molecule has 10 heteroatoms. The lowest BCUT2D eigenvalue weighted by Gasteiger charge is -2.27. The number of carbonyl (C=O) groups is 2. The molecule has 10 nitrogen and oxygen atoms in total. The Bertz CT molecular complexity index is 287. The highest BCUT2D eigenvalue weighted by atomic mass is 16.4. The molecular weight excluding hydrogens is 324 g/mol. The van der Waals surface area contributed by atoms with Crippen LogP contribution >= 0.6 is 0 Å². The Hall–Kier alpha value is -1.30. The van der Waals surface area contributed by atoms with Crippen molar-refractivity contribution in [2.75, 3.05) is 80.8 Å². The van der Waals surface area contributed by atoms with Crippen molar-refractivity contribution in [1.82, 2.24) is 0 Å². The molecule has 0 aliphatic carbocycles. The van der Waals surface area contributed by atoms with E-state index in [1.807, 2.05) is 28.2 Å². The SMILES string of the molecule is C[N+](C)(CCO)CCO.C[N+](C)(CCO)CCO.O=C([O-])C(=O)[O-]. The summed E-state index contributed by atoms with van der Waals surface area (Å²) in [6.07, 6.45) is 0. The second-order valence-electron chi connectivity index (χ2n) is 6.24. The first-order valence-electron chi connectivity index (χ1n) is 7.39. The molecule has 0 amide bonds. The van der Waals surface area contributed by atoms with Crippen LogP contribution in [-0.2, 0) is 9.59 Å². The summed E-state index contributed by atoms with van der Waals surface area (Å²) in [5.41, 5.74) is 0. The highest BCUT2D eigenvalue weighted by Gasteiger charge is 2.12. The van der Waals surface area contributed by atoms with E-state index in [1.165, 1.54) is 0 Å². The maximum atomic E-state index is 8.93. The van der Waals surface area contributed by atoms with Gasteiger partial charge in [-0.15, -0.1) is 0 Å². The third-order valence-electron chi connectivity index (χ3n) is 2.99. The Morgan fingerprint density at radius 3 is 0.875 bits per heavy atom. The van der Waals surface area contributed by atoms with Crippen LogP contribution in [-0.4, -0.2) is 122 Å². The second-order valence-corrected chi connectivity index (χ2v) is 6.24. The Morgan fingerprint density at radius 2 is 0.792 bits per heavy atom. The molecule has 0 spiro atoms. The van der Waals surface area contributed by atoms with Gasteiger partial charge in [-0.3, -0.25) is 0 Å². The zero-order valence-electron chi connectivity index (χ0n) is 15.0. The minimum atomic E-state index is -2.19. The van der Waals surface area contributed by atoms with Gasteiger partial charge in [-0.2, -0.15) is 0 Å². The minimum Gasteiger partial charge on any atom is -0.543 e. The lowest BCUT2D eigenvalue weighted by Crippen LogP contribution is -2.43. The molecule has 24 heavy (non-hydrogen) atoms. The van der Waals surface area contributed by atoms with Gasteiger partial charge in [-0.1, -0.05) is 0 Å². The number of rotatable bonds is 8. The first-order chi connectivity index (χ1) is 10.9. The minimum absolute atomic E-state index is 0.188. The van der Waals surface area contributed by atoms with Crippen LogP contribution in [0.1, 0.15) is 0 Å². The number of likely N-dealkylation sites (N-methyl/N-ethyl adjacent to an activating group) is 2. The fourth-order valence-corrected chi connectivity index (χ4v) is 1.31. The molecule has 0 aromatic rings. The maximum Gasteiger partial charge on any atom is 0.102 e. The first kappa shape index (κ1) is 27.5. The van der Waals surface area contributed by atoms with Crippen LogP contribution in [0, 0.1) is 0 Å². The summed E-state index contributed by atoms with van der Waals surface area (Å²) in [6.45, 7) is 3.59. The van der Waals surface area contributed by atoms with Gasteiger partial charge in [0, 0.05) is 0 Å². The summed E-state index contributed by atoms with van der Waals surface area (Å²) in [4.78, 5) is 17.9. The number of aliphatic carboxylic acids is 2. The van der Waals surface area contributed by atoms with Gasteiger partial charge >= 0.3 is 0 Å². The summed E-state index contributed by atoms with van der Waals surface area (Å²) in [7, 11) is 7.91. The Labute approximate surface area is 143 Å². The van der Waals surface area contributed by atoms with Crippen LogP contribution in [0.5, 0.6) is 0 Å². The van der Waals surface area contributed by atoms with Crippen LogP contribution < -0.4 is 10.2 Å². The van der Waals surface area contributed by atoms with Crippen LogP contribution in [0.4, 0.5) is 0 Å². The molecule has 0 bridgehead atoms. The molecule has 0 saturated carbocycles. The number of quaternary nitrogens is 2. The van der Waals surface area contributed by atoms with Gasteiger partial charge in [0.05, 0.1) is 66.6 Å². The number of carboxylic acid groups (broad SMARTS) is 2. The van der Waals surface area contributed by atoms with Crippen molar-refractivity contribution in [3.8, 4) is 0 Å². The van der Waals surface area contributed by atoms with Gasteiger partial charge in [-0.25, -0.2) is 0 Å². The summed E-state index contributed by atoms with van der Waals surface area (Å²) >= 11 is 0. The zero-order valence-corrected chi connectivity index (χ0v) is 15.0. The monoisotopic (exact) mass is 356 g/mol. The van der Waals surface area contributed by atoms with E-state index in [9.17, 15) is 0 Å². The topological polar surface area (TPSA) is 161 Å².